The summed E-state index contributed by atoms with van der Waals surface area (Å²) < 4.78 is 14.6. The van der Waals surface area contributed by atoms with E-state index >= 15 is 0 Å². The number of halogens is 2. The molecular weight excluding hydrogens is 269 g/mol. The molecule has 0 aliphatic heterocycles. The van der Waals surface area contributed by atoms with Crippen molar-refractivity contribution in [3.63, 3.8) is 0 Å². The predicted molar refractivity (Wildman–Crippen MR) is 71.2 cm³/mol. The Hall–Kier alpha value is -1.81. The van der Waals surface area contributed by atoms with Gasteiger partial charge in [-0.2, -0.15) is 0 Å². The van der Waals surface area contributed by atoms with E-state index in [9.17, 15) is 9.18 Å². The molecule has 0 aliphatic rings. The molecule has 5 heteroatoms. The first-order valence-corrected chi connectivity index (χ1v) is 6.19. The molecule has 19 heavy (non-hydrogen) atoms. The van der Waals surface area contributed by atoms with E-state index in [0.29, 0.717) is 18.0 Å². The van der Waals surface area contributed by atoms with Crippen molar-refractivity contribution in [3.05, 3.63) is 58.1 Å². The minimum Gasteiger partial charge on any atom is -0.477 e. The molecule has 0 saturated carbocycles. The Bertz CT molecular complexity index is 622. The summed E-state index contributed by atoms with van der Waals surface area (Å²) in [5, 5.41) is 9.43. The first-order chi connectivity index (χ1) is 8.97. The van der Waals surface area contributed by atoms with Gasteiger partial charge in [0.25, 0.3) is 0 Å². The number of carboxylic acids is 1. The zero-order valence-corrected chi connectivity index (χ0v) is 11.1. The van der Waals surface area contributed by atoms with Gasteiger partial charge in [0.2, 0.25) is 0 Å². The third-order valence-corrected chi connectivity index (χ3v) is 3.22. The first-order valence-electron chi connectivity index (χ1n) is 5.81. The minimum atomic E-state index is -1.01. The van der Waals surface area contributed by atoms with Crippen LogP contribution in [0.3, 0.4) is 0 Å². The number of hydrogen-bond donors (Lipinski definition) is 1. The lowest BCUT2D eigenvalue weighted by molar-refractivity contribution is 0.0685. The number of carboxylic acid groups (broad SMARTS) is 1. The highest BCUT2D eigenvalue weighted by Gasteiger charge is 2.11. The normalized spacial score (nSPS) is 10.7. The molecular formula is C14H13ClFNO2. The molecule has 0 fully saturated rings. The lowest BCUT2D eigenvalue weighted by atomic mass is 10.1. The molecule has 2 rings (SSSR count). The highest BCUT2D eigenvalue weighted by molar-refractivity contribution is 6.30. The number of aromatic nitrogens is 1. The number of aromatic carboxylic acids is 1. The summed E-state index contributed by atoms with van der Waals surface area (Å²) >= 11 is 5.81. The van der Waals surface area contributed by atoms with E-state index in [1.54, 1.807) is 16.8 Å². The molecule has 2 aromatic rings. The molecule has 1 aromatic heterocycles. The van der Waals surface area contributed by atoms with Gasteiger partial charge >= 0.3 is 5.97 Å². The molecule has 0 unspecified atom stereocenters. The zero-order valence-electron chi connectivity index (χ0n) is 10.4. The van der Waals surface area contributed by atoms with Crippen molar-refractivity contribution in [3.8, 4) is 0 Å². The van der Waals surface area contributed by atoms with Crippen LogP contribution in [0.5, 0.6) is 0 Å². The highest BCUT2D eigenvalue weighted by atomic mass is 35.5. The van der Waals surface area contributed by atoms with Crippen LogP contribution in [0.2, 0.25) is 5.02 Å². The molecule has 1 N–H and O–H groups in total. The molecule has 0 aliphatic carbocycles. The van der Waals surface area contributed by atoms with Crippen molar-refractivity contribution >= 4 is 17.6 Å². The van der Waals surface area contributed by atoms with E-state index in [1.807, 2.05) is 6.92 Å². The summed E-state index contributed by atoms with van der Waals surface area (Å²) in [5.41, 5.74) is 2.00. The fourth-order valence-corrected chi connectivity index (χ4v) is 2.24. The molecule has 0 saturated heterocycles. The highest BCUT2D eigenvalue weighted by Crippen LogP contribution is 2.17. The van der Waals surface area contributed by atoms with Crippen molar-refractivity contribution in [2.45, 2.75) is 19.9 Å². The number of hydrogen-bond acceptors (Lipinski definition) is 1. The second kappa shape index (κ2) is 5.45. The largest absolute Gasteiger partial charge is 0.477 e. The minimum absolute atomic E-state index is 0.157. The fraction of sp³-hybridized carbons (Fsp3) is 0.214. The second-order valence-corrected chi connectivity index (χ2v) is 4.80. The van der Waals surface area contributed by atoms with Crippen LogP contribution in [0.4, 0.5) is 4.39 Å². The second-order valence-electron chi connectivity index (χ2n) is 4.36. The third kappa shape index (κ3) is 3.15. The topological polar surface area (TPSA) is 42.2 Å². The molecule has 0 spiro atoms. The Morgan fingerprint density at radius 1 is 1.42 bits per heavy atom. The maximum Gasteiger partial charge on any atom is 0.352 e. The molecule has 0 bridgehead atoms. The van der Waals surface area contributed by atoms with Crippen molar-refractivity contribution in [2.24, 2.45) is 0 Å². The molecule has 0 amide bonds. The van der Waals surface area contributed by atoms with Gasteiger partial charge in [0.1, 0.15) is 11.5 Å². The van der Waals surface area contributed by atoms with Gasteiger partial charge < -0.3 is 9.67 Å². The first kappa shape index (κ1) is 13.6. The Kier molecular flexibility index (Phi) is 3.90. The van der Waals surface area contributed by atoms with Gasteiger partial charge in [-0.1, -0.05) is 17.7 Å². The third-order valence-electron chi connectivity index (χ3n) is 3.01. The van der Waals surface area contributed by atoms with Gasteiger partial charge in [-0.25, -0.2) is 9.18 Å². The SMILES string of the molecule is Cc1cc(F)ccc1CCn1cc(Cl)cc1C(=O)O. The number of aryl methyl sites for hydroxylation is 3. The fourth-order valence-electron chi connectivity index (χ4n) is 2.02. The van der Waals surface area contributed by atoms with Crippen LogP contribution in [-0.2, 0) is 13.0 Å². The Morgan fingerprint density at radius 3 is 2.79 bits per heavy atom. The van der Waals surface area contributed by atoms with Crippen LogP contribution in [0, 0.1) is 12.7 Å². The van der Waals surface area contributed by atoms with E-state index in [2.05, 4.69) is 0 Å². The summed E-state index contributed by atoms with van der Waals surface area (Å²) in [6, 6.07) is 6.01. The summed E-state index contributed by atoms with van der Waals surface area (Å²) in [6.45, 7) is 2.32. The quantitative estimate of drug-likeness (QED) is 0.931. The van der Waals surface area contributed by atoms with Gasteiger partial charge in [-0.3, -0.25) is 0 Å². The van der Waals surface area contributed by atoms with Crippen molar-refractivity contribution in [2.75, 3.05) is 0 Å². The van der Waals surface area contributed by atoms with Gasteiger partial charge in [0.15, 0.2) is 0 Å². The van der Waals surface area contributed by atoms with E-state index in [0.717, 1.165) is 11.1 Å². The van der Waals surface area contributed by atoms with Crippen LogP contribution >= 0.6 is 11.6 Å². The lowest BCUT2D eigenvalue weighted by Crippen LogP contribution is -2.09. The summed E-state index contributed by atoms with van der Waals surface area (Å²) in [5.74, 6) is -1.28. The van der Waals surface area contributed by atoms with Crippen LogP contribution in [0.15, 0.2) is 30.5 Å². The molecule has 0 radical (unpaired) electrons. The summed E-state index contributed by atoms with van der Waals surface area (Å²) in [6.07, 6.45) is 2.21. The van der Waals surface area contributed by atoms with Gasteiger partial charge in [0, 0.05) is 12.7 Å². The smallest absolute Gasteiger partial charge is 0.352 e. The van der Waals surface area contributed by atoms with E-state index < -0.39 is 5.97 Å². The lowest BCUT2D eigenvalue weighted by Gasteiger charge is -2.08. The molecule has 1 aromatic carbocycles. The van der Waals surface area contributed by atoms with Gasteiger partial charge in [-0.05, 0) is 42.7 Å². The number of benzene rings is 1. The molecule has 0 atom stereocenters. The molecule has 100 valence electrons. The van der Waals surface area contributed by atoms with E-state index in [-0.39, 0.29) is 11.5 Å². The van der Waals surface area contributed by atoms with Crippen molar-refractivity contribution < 1.29 is 14.3 Å². The van der Waals surface area contributed by atoms with Crippen molar-refractivity contribution in [1.82, 2.24) is 4.57 Å². The van der Waals surface area contributed by atoms with Gasteiger partial charge in [-0.15, -0.1) is 0 Å². The monoisotopic (exact) mass is 281 g/mol. The maximum atomic E-state index is 13.0. The van der Waals surface area contributed by atoms with Crippen LogP contribution in [0.1, 0.15) is 21.6 Å². The average Bonchev–Trinajstić information content (AvgIpc) is 2.69. The summed E-state index contributed by atoms with van der Waals surface area (Å²) in [4.78, 5) is 11.0. The van der Waals surface area contributed by atoms with Gasteiger partial charge in [0.05, 0.1) is 5.02 Å². The standard InChI is InChI=1S/C14H13ClFNO2/c1-9-6-12(16)3-2-10(9)4-5-17-8-11(15)7-13(17)14(18)19/h2-3,6-8H,4-5H2,1H3,(H,18,19). The maximum absolute atomic E-state index is 13.0. The van der Waals surface area contributed by atoms with Crippen LogP contribution < -0.4 is 0 Å². The summed E-state index contributed by atoms with van der Waals surface area (Å²) in [7, 11) is 0. The van der Waals surface area contributed by atoms with E-state index in [4.69, 9.17) is 16.7 Å². The van der Waals surface area contributed by atoms with E-state index in [1.165, 1.54) is 18.2 Å². The van der Waals surface area contributed by atoms with Crippen molar-refractivity contribution in [1.29, 1.82) is 0 Å². The van der Waals surface area contributed by atoms with Crippen LogP contribution in [0.25, 0.3) is 0 Å². The predicted octanol–water partition coefficient (Wildman–Crippen LogP) is 3.53. The Labute approximate surface area is 115 Å². The zero-order chi connectivity index (χ0) is 14.0. The number of rotatable bonds is 4. The number of carbonyl (C=O) groups is 1. The number of nitrogens with zero attached hydrogens (tertiary/aromatic N) is 1. The molecule has 3 nitrogen and oxygen atoms in total. The molecule has 1 heterocycles. The van der Waals surface area contributed by atoms with Crippen LogP contribution in [-0.4, -0.2) is 15.6 Å². The Balaban J connectivity index is 2.16. The average molecular weight is 282 g/mol. The Morgan fingerprint density at radius 2 is 2.16 bits per heavy atom.